The van der Waals surface area contributed by atoms with E-state index in [0.29, 0.717) is 5.69 Å². The number of carbonyl (C=O) groups excluding carboxylic acids is 1. The van der Waals surface area contributed by atoms with Crippen molar-refractivity contribution in [1.29, 1.82) is 0 Å². The van der Waals surface area contributed by atoms with Crippen LogP contribution in [-0.2, 0) is 11.0 Å². The Morgan fingerprint density at radius 1 is 1.22 bits per heavy atom. The fourth-order valence-corrected chi connectivity index (χ4v) is 3.78. The summed E-state index contributed by atoms with van der Waals surface area (Å²) in [6, 6.07) is 7.04. The van der Waals surface area contributed by atoms with Crippen molar-refractivity contribution in [1.82, 2.24) is 19.6 Å². The predicted octanol–water partition coefficient (Wildman–Crippen LogP) is 4.49. The van der Waals surface area contributed by atoms with Crippen molar-refractivity contribution in [3.8, 4) is 11.1 Å². The number of halogens is 3. The van der Waals surface area contributed by atoms with E-state index in [2.05, 4.69) is 15.2 Å². The van der Waals surface area contributed by atoms with Crippen LogP contribution in [0.1, 0.15) is 12.6 Å². The van der Waals surface area contributed by atoms with Gasteiger partial charge in [0.1, 0.15) is 16.9 Å². The van der Waals surface area contributed by atoms with Crippen LogP contribution < -0.4 is 4.90 Å². The van der Waals surface area contributed by atoms with Crippen molar-refractivity contribution in [2.45, 2.75) is 13.1 Å². The van der Waals surface area contributed by atoms with Crippen LogP contribution in [0.2, 0.25) is 0 Å². The van der Waals surface area contributed by atoms with E-state index >= 15 is 0 Å². The standard InChI is InChI=1S/C17H12F3N5OS/c1-10(26)25(13-4-2-11(3-5-13)12-6-22-23-7-12)15-16-24(9-21-15)14(8-27-16)17(18,19)20/h2-9H,1H3,(H,22,23). The number of amides is 1. The Balaban J connectivity index is 1.77. The minimum atomic E-state index is -4.50. The maximum Gasteiger partial charge on any atom is 0.432 e. The number of hydrogen-bond acceptors (Lipinski definition) is 4. The lowest BCUT2D eigenvalue weighted by molar-refractivity contribution is -0.141. The van der Waals surface area contributed by atoms with Gasteiger partial charge in [-0.1, -0.05) is 12.1 Å². The molecule has 1 amide bonds. The van der Waals surface area contributed by atoms with Gasteiger partial charge in [-0.05, 0) is 17.7 Å². The second-order valence-corrected chi connectivity index (χ2v) is 6.61. The molecule has 3 heterocycles. The van der Waals surface area contributed by atoms with Crippen molar-refractivity contribution in [3.63, 3.8) is 0 Å². The first-order chi connectivity index (χ1) is 12.9. The Labute approximate surface area is 154 Å². The highest BCUT2D eigenvalue weighted by atomic mass is 32.1. The Morgan fingerprint density at radius 3 is 2.56 bits per heavy atom. The smallest absolute Gasteiger partial charge is 0.285 e. The van der Waals surface area contributed by atoms with Gasteiger partial charge in [0.2, 0.25) is 5.91 Å². The van der Waals surface area contributed by atoms with Crippen molar-refractivity contribution in [2.24, 2.45) is 0 Å². The monoisotopic (exact) mass is 391 g/mol. The molecule has 6 nitrogen and oxygen atoms in total. The van der Waals surface area contributed by atoms with Crippen molar-refractivity contribution in [3.05, 3.63) is 54.1 Å². The van der Waals surface area contributed by atoms with Gasteiger partial charge in [0.15, 0.2) is 5.82 Å². The number of aromatic nitrogens is 4. The number of aromatic amines is 1. The molecular weight excluding hydrogens is 379 g/mol. The van der Waals surface area contributed by atoms with Crippen molar-refractivity contribution < 1.29 is 18.0 Å². The molecule has 0 unspecified atom stereocenters. The van der Waals surface area contributed by atoms with Crippen LogP contribution in [0.25, 0.3) is 16.0 Å². The van der Waals surface area contributed by atoms with Crippen LogP contribution in [0.4, 0.5) is 24.7 Å². The van der Waals surface area contributed by atoms with Crippen LogP contribution >= 0.6 is 11.3 Å². The third-order valence-electron chi connectivity index (χ3n) is 4.02. The molecule has 0 radical (unpaired) electrons. The molecule has 3 aromatic heterocycles. The van der Waals surface area contributed by atoms with Crippen LogP contribution in [0.5, 0.6) is 0 Å². The molecule has 1 N–H and O–H groups in total. The Bertz CT molecular complexity index is 1100. The number of hydrogen-bond donors (Lipinski definition) is 1. The molecule has 10 heteroatoms. The number of benzene rings is 1. The fourth-order valence-electron chi connectivity index (χ4n) is 2.80. The lowest BCUT2D eigenvalue weighted by Crippen LogP contribution is -2.23. The maximum absolute atomic E-state index is 13.1. The van der Waals surface area contributed by atoms with E-state index in [9.17, 15) is 18.0 Å². The minimum Gasteiger partial charge on any atom is -0.285 e. The zero-order chi connectivity index (χ0) is 19.2. The SMILES string of the molecule is CC(=O)N(c1ccc(-c2cn[nH]c2)cc1)c1ncn2c(C(F)(F)F)csc12. The van der Waals surface area contributed by atoms with Gasteiger partial charge in [-0.3, -0.25) is 19.2 Å². The highest BCUT2D eigenvalue weighted by molar-refractivity contribution is 7.16. The third kappa shape index (κ3) is 2.97. The number of rotatable bonds is 3. The lowest BCUT2D eigenvalue weighted by atomic mass is 10.1. The molecule has 0 atom stereocenters. The maximum atomic E-state index is 13.1. The summed E-state index contributed by atoms with van der Waals surface area (Å²) in [4.78, 5) is 17.9. The van der Waals surface area contributed by atoms with Gasteiger partial charge in [-0.15, -0.1) is 11.3 Å². The largest absolute Gasteiger partial charge is 0.432 e. The number of thiazole rings is 1. The van der Waals surface area contributed by atoms with Gasteiger partial charge in [-0.2, -0.15) is 18.3 Å². The normalized spacial score (nSPS) is 11.9. The molecule has 4 rings (SSSR count). The molecular formula is C17H12F3N5OS. The molecule has 0 fully saturated rings. The number of alkyl halides is 3. The molecule has 138 valence electrons. The number of carbonyl (C=O) groups is 1. The van der Waals surface area contributed by atoms with Crippen molar-refractivity contribution >= 4 is 33.6 Å². The fraction of sp³-hybridized carbons (Fsp3) is 0.118. The van der Waals surface area contributed by atoms with Gasteiger partial charge in [0, 0.05) is 24.1 Å². The number of H-pyrrole nitrogens is 1. The first-order valence-corrected chi connectivity index (χ1v) is 8.66. The van der Waals surface area contributed by atoms with E-state index < -0.39 is 11.9 Å². The molecule has 0 saturated carbocycles. The summed E-state index contributed by atoms with van der Waals surface area (Å²) >= 11 is 0.890. The molecule has 27 heavy (non-hydrogen) atoms. The summed E-state index contributed by atoms with van der Waals surface area (Å²) in [6.45, 7) is 1.34. The molecule has 0 aliphatic heterocycles. The number of fused-ring (bicyclic) bond motifs is 1. The zero-order valence-corrected chi connectivity index (χ0v) is 14.7. The van der Waals surface area contributed by atoms with E-state index in [1.807, 2.05) is 0 Å². The van der Waals surface area contributed by atoms with Crippen molar-refractivity contribution in [2.75, 3.05) is 4.90 Å². The summed E-state index contributed by atoms with van der Waals surface area (Å²) in [5, 5.41) is 7.63. The number of nitrogens with zero attached hydrogens (tertiary/aromatic N) is 4. The Kier molecular flexibility index (Phi) is 3.99. The quantitative estimate of drug-likeness (QED) is 0.560. The molecule has 1 aromatic carbocycles. The highest BCUT2D eigenvalue weighted by Gasteiger charge is 2.35. The second kappa shape index (κ2) is 6.23. The van der Waals surface area contributed by atoms with Gasteiger partial charge in [-0.25, -0.2) is 4.98 Å². The second-order valence-electron chi connectivity index (χ2n) is 5.75. The van der Waals surface area contributed by atoms with E-state index in [1.165, 1.54) is 11.8 Å². The van der Waals surface area contributed by atoms with Crippen LogP contribution in [0, 0.1) is 0 Å². The predicted molar refractivity (Wildman–Crippen MR) is 94.9 cm³/mol. The molecule has 0 bridgehead atoms. The summed E-state index contributed by atoms with van der Waals surface area (Å²) in [5.41, 5.74) is 1.47. The first kappa shape index (κ1) is 17.3. The number of imidazole rings is 1. The topological polar surface area (TPSA) is 66.3 Å². The van der Waals surface area contributed by atoms with Crippen LogP contribution in [0.3, 0.4) is 0 Å². The molecule has 0 aliphatic rings. The van der Waals surface area contributed by atoms with E-state index in [1.54, 1.807) is 36.7 Å². The zero-order valence-electron chi connectivity index (χ0n) is 13.9. The van der Waals surface area contributed by atoms with E-state index in [-0.39, 0.29) is 16.6 Å². The number of anilines is 2. The molecule has 0 saturated heterocycles. The third-order valence-corrected chi connectivity index (χ3v) is 4.97. The van der Waals surface area contributed by atoms with Crippen LogP contribution in [0.15, 0.2) is 48.4 Å². The molecule has 4 aromatic rings. The van der Waals surface area contributed by atoms with Gasteiger partial charge >= 0.3 is 6.18 Å². The summed E-state index contributed by atoms with van der Waals surface area (Å²) < 4.78 is 40.2. The lowest BCUT2D eigenvalue weighted by Gasteiger charge is -2.19. The average molecular weight is 391 g/mol. The summed E-state index contributed by atoms with van der Waals surface area (Å²) in [5.74, 6) is -0.187. The number of nitrogens with one attached hydrogen (secondary N) is 1. The first-order valence-electron chi connectivity index (χ1n) is 7.78. The summed E-state index contributed by atoms with van der Waals surface area (Å²) in [6.07, 6.45) is -0.00865. The highest BCUT2D eigenvalue weighted by Crippen LogP contribution is 2.38. The van der Waals surface area contributed by atoms with Crippen LogP contribution in [-0.4, -0.2) is 25.5 Å². The molecule has 0 aliphatic carbocycles. The Morgan fingerprint density at radius 2 is 1.96 bits per heavy atom. The minimum absolute atomic E-state index is 0.166. The molecule has 0 spiro atoms. The van der Waals surface area contributed by atoms with Gasteiger partial charge < -0.3 is 0 Å². The summed E-state index contributed by atoms with van der Waals surface area (Å²) in [7, 11) is 0. The van der Waals surface area contributed by atoms with E-state index in [4.69, 9.17) is 0 Å². The van der Waals surface area contributed by atoms with E-state index in [0.717, 1.165) is 38.6 Å². The van der Waals surface area contributed by atoms with Gasteiger partial charge in [0.25, 0.3) is 0 Å². The Hall–Kier alpha value is -3.14. The van der Waals surface area contributed by atoms with Gasteiger partial charge in [0.05, 0.1) is 11.9 Å². The average Bonchev–Trinajstić information content (AvgIpc) is 3.33.